The number of nitro groups is 1. The first-order valence-corrected chi connectivity index (χ1v) is 13.4. The van der Waals surface area contributed by atoms with Crippen LogP contribution in [-0.2, 0) is 20.9 Å². The van der Waals surface area contributed by atoms with Crippen LogP contribution in [-0.4, -0.2) is 34.4 Å². The lowest BCUT2D eigenvalue weighted by Gasteiger charge is -2.17. The second-order valence-corrected chi connectivity index (χ2v) is 9.53. The van der Waals surface area contributed by atoms with Crippen LogP contribution in [0.2, 0.25) is 0 Å². The van der Waals surface area contributed by atoms with Gasteiger partial charge in [-0.1, -0.05) is 63.1 Å². The van der Waals surface area contributed by atoms with Crippen LogP contribution in [0.1, 0.15) is 84.1 Å². The molecule has 3 rings (SSSR count). The van der Waals surface area contributed by atoms with Gasteiger partial charge < -0.3 is 14.1 Å². The van der Waals surface area contributed by atoms with Gasteiger partial charge in [0.2, 0.25) is 0 Å². The summed E-state index contributed by atoms with van der Waals surface area (Å²) in [5, 5.41) is 17.3. The highest BCUT2D eigenvalue weighted by Crippen LogP contribution is 2.33. The van der Waals surface area contributed by atoms with E-state index >= 15 is 0 Å². The SMILES string of the molecule is CCCCCCCCCC(C/C(=N\OC(C)=O)c1ccc2c(c1)c1cc([N+](=O)[O-])ccc1n2CC)OC. The number of nitro benzene ring substituents is 1. The van der Waals surface area contributed by atoms with Crippen LogP contribution in [0.15, 0.2) is 41.6 Å². The van der Waals surface area contributed by atoms with E-state index in [1.807, 2.05) is 18.2 Å². The number of hydrogen-bond acceptors (Lipinski definition) is 6. The molecule has 0 radical (unpaired) electrons. The summed E-state index contributed by atoms with van der Waals surface area (Å²) < 4.78 is 7.91. The van der Waals surface area contributed by atoms with Crippen molar-refractivity contribution < 1.29 is 19.3 Å². The lowest BCUT2D eigenvalue weighted by atomic mass is 9.98. The summed E-state index contributed by atoms with van der Waals surface area (Å²) in [6.07, 6.45) is 9.92. The molecule has 200 valence electrons. The van der Waals surface area contributed by atoms with Crippen LogP contribution < -0.4 is 0 Å². The predicted molar refractivity (Wildman–Crippen MR) is 148 cm³/mol. The highest BCUT2D eigenvalue weighted by molar-refractivity contribution is 6.12. The fourth-order valence-electron chi connectivity index (χ4n) is 4.90. The van der Waals surface area contributed by atoms with E-state index in [0.29, 0.717) is 12.1 Å². The smallest absolute Gasteiger partial charge is 0.331 e. The Morgan fingerprint density at radius 2 is 1.65 bits per heavy atom. The summed E-state index contributed by atoms with van der Waals surface area (Å²) in [7, 11) is 1.70. The molecule has 1 atom stereocenters. The first-order valence-electron chi connectivity index (χ1n) is 13.4. The minimum atomic E-state index is -0.488. The molecule has 0 fully saturated rings. The third kappa shape index (κ3) is 7.38. The van der Waals surface area contributed by atoms with Crippen molar-refractivity contribution in [3.63, 3.8) is 0 Å². The van der Waals surface area contributed by atoms with Crippen molar-refractivity contribution in [2.45, 2.75) is 91.2 Å². The molecule has 8 heteroatoms. The Morgan fingerprint density at radius 1 is 1.00 bits per heavy atom. The van der Waals surface area contributed by atoms with Crippen LogP contribution in [0.25, 0.3) is 21.8 Å². The number of benzene rings is 2. The number of aromatic nitrogens is 1. The molecule has 0 bridgehead atoms. The van der Waals surface area contributed by atoms with Crippen LogP contribution in [0.4, 0.5) is 5.69 Å². The summed E-state index contributed by atoms with van der Waals surface area (Å²) in [5.41, 5.74) is 3.40. The Balaban J connectivity index is 1.88. The Labute approximate surface area is 218 Å². The van der Waals surface area contributed by atoms with E-state index in [2.05, 4.69) is 23.6 Å². The minimum Gasteiger partial charge on any atom is -0.381 e. The maximum Gasteiger partial charge on any atom is 0.331 e. The first-order chi connectivity index (χ1) is 17.9. The number of methoxy groups -OCH3 is 1. The Kier molecular flexibility index (Phi) is 10.6. The number of hydrogen-bond donors (Lipinski definition) is 0. The highest BCUT2D eigenvalue weighted by atomic mass is 16.7. The third-order valence-electron chi connectivity index (χ3n) is 6.88. The van der Waals surface area contributed by atoms with E-state index in [-0.39, 0.29) is 16.7 Å². The van der Waals surface area contributed by atoms with Gasteiger partial charge in [0.15, 0.2) is 0 Å². The molecule has 2 aromatic carbocycles. The summed E-state index contributed by atoms with van der Waals surface area (Å²) in [6.45, 7) is 6.33. The number of unbranched alkanes of at least 4 members (excludes halogenated alkanes) is 6. The van der Waals surface area contributed by atoms with Crippen LogP contribution in [0.5, 0.6) is 0 Å². The Bertz CT molecular complexity index is 1250. The molecule has 0 N–H and O–H groups in total. The monoisotopic (exact) mass is 509 g/mol. The third-order valence-corrected chi connectivity index (χ3v) is 6.88. The van der Waals surface area contributed by atoms with Gasteiger partial charge in [0.25, 0.3) is 5.69 Å². The Morgan fingerprint density at radius 3 is 2.27 bits per heavy atom. The van der Waals surface area contributed by atoms with Crippen molar-refractivity contribution in [3.8, 4) is 0 Å². The molecular weight excluding hydrogens is 470 g/mol. The molecule has 37 heavy (non-hydrogen) atoms. The number of carbonyl (C=O) groups is 1. The molecule has 0 aliphatic heterocycles. The summed E-state index contributed by atoms with van der Waals surface area (Å²) in [4.78, 5) is 27.7. The van der Waals surface area contributed by atoms with Crippen molar-refractivity contribution in [2.75, 3.05) is 7.11 Å². The quantitative estimate of drug-likeness (QED) is 0.0693. The second kappa shape index (κ2) is 13.9. The molecule has 1 aromatic heterocycles. The molecule has 0 amide bonds. The molecule has 0 saturated heterocycles. The average molecular weight is 510 g/mol. The largest absolute Gasteiger partial charge is 0.381 e. The van der Waals surface area contributed by atoms with Crippen molar-refractivity contribution in [3.05, 3.63) is 52.1 Å². The topological polar surface area (TPSA) is 96.0 Å². The van der Waals surface area contributed by atoms with E-state index in [1.165, 1.54) is 51.5 Å². The van der Waals surface area contributed by atoms with Crippen molar-refractivity contribution in [2.24, 2.45) is 5.16 Å². The summed E-state index contributed by atoms with van der Waals surface area (Å²) in [6, 6.07) is 10.9. The molecule has 0 saturated carbocycles. The van der Waals surface area contributed by atoms with Crippen molar-refractivity contribution in [1.82, 2.24) is 4.57 Å². The van der Waals surface area contributed by atoms with Gasteiger partial charge in [-0.15, -0.1) is 0 Å². The fraction of sp³-hybridized carbons (Fsp3) is 0.517. The van der Waals surface area contributed by atoms with Gasteiger partial charge in [0, 0.05) is 66.5 Å². The van der Waals surface area contributed by atoms with Gasteiger partial charge in [-0.3, -0.25) is 10.1 Å². The van der Waals surface area contributed by atoms with Crippen LogP contribution in [0, 0.1) is 10.1 Å². The van der Waals surface area contributed by atoms with Crippen molar-refractivity contribution >= 4 is 39.2 Å². The van der Waals surface area contributed by atoms with E-state index in [9.17, 15) is 14.9 Å². The molecule has 3 aromatic rings. The fourth-order valence-corrected chi connectivity index (χ4v) is 4.90. The van der Waals surface area contributed by atoms with Gasteiger partial charge in [-0.25, -0.2) is 4.79 Å². The van der Waals surface area contributed by atoms with Gasteiger partial charge >= 0.3 is 5.97 Å². The molecular formula is C29H39N3O5. The number of aryl methyl sites for hydroxylation is 1. The maximum atomic E-state index is 11.6. The van der Waals surface area contributed by atoms with E-state index < -0.39 is 5.97 Å². The minimum absolute atomic E-state index is 0.0519. The summed E-state index contributed by atoms with van der Waals surface area (Å²) in [5.74, 6) is -0.488. The Hall–Kier alpha value is -3.26. The molecule has 8 nitrogen and oxygen atoms in total. The van der Waals surface area contributed by atoms with E-state index in [1.54, 1.807) is 19.2 Å². The molecule has 1 heterocycles. The summed E-state index contributed by atoms with van der Waals surface area (Å²) >= 11 is 0. The van der Waals surface area contributed by atoms with Gasteiger partial charge in [-0.05, 0) is 31.5 Å². The number of oxime groups is 1. The zero-order valence-electron chi connectivity index (χ0n) is 22.5. The maximum absolute atomic E-state index is 11.6. The predicted octanol–water partition coefficient (Wildman–Crippen LogP) is 7.54. The molecule has 0 aliphatic carbocycles. The zero-order chi connectivity index (χ0) is 26.8. The number of fused-ring (bicyclic) bond motifs is 3. The van der Waals surface area contributed by atoms with Crippen molar-refractivity contribution in [1.29, 1.82) is 0 Å². The standard InChI is InChI=1S/C29H39N3O5/c1-5-7-8-9-10-11-12-13-24(36-4)20-27(30-37-21(3)33)22-14-16-28-25(18-22)26-19-23(32(34)35)15-17-29(26)31(28)6-2/h14-19,24H,5-13,20H2,1-4H3/b30-27+. The van der Waals surface area contributed by atoms with Gasteiger partial charge in [0.1, 0.15) is 0 Å². The van der Waals surface area contributed by atoms with Crippen LogP contribution in [0.3, 0.4) is 0 Å². The number of nitrogens with zero attached hydrogens (tertiary/aromatic N) is 3. The second-order valence-electron chi connectivity index (χ2n) is 9.53. The average Bonchev–Trinajstić information content (AvgIpc) is 3.21. The lowest BCUT2D eigenvalue weighted by Crippen LogP contribution is -2.18. The van der Waals surface area contributed by atoms with E-state index in [4.69, 9.17) is 9.57 Å². The van der Waals surface area contributed by atoms with Gasteiger partial charge in [0.05, 0.1) is 16.7 Å². The van der Waals surface area contributed by atoms with E-state index in [0.717, 1.165) is 46.8 Å². The number of non-ortho nitro benzene ring substituents is 1. The number of rotatable bonds is 15. The number of ether oxygens (including phenoxy) is 1. The number of carbonyl (C=O) groups excluding carboxylic acids is 1. The molecule has 0 spiro atoms. The highest BCUT2D eigenvalue weighted by Gasteiger charge is 2.18. The van der Waals surface area contributed by atoms with Crippen LogP contribution >= 0.6 is 0 Å². The molecule has 0 aliphatic rings. The molecule has 1 unspecified atom stereocenters. The lowest BCUT2D eigenvalue weighted by molar-refractivity contribution is -0.384. The van der Waals surface area contributed by atoms with Gasteiger partial charge in [-0.2, -0.15) is 0 Å². The zero-order valence-corrected chi connectivity index (χ0v) is 22.5. The normalized spacial score (nSPS) is 12.8. The first kappa shape index (κ1) is 28.3.